The lowest BCUT2D eigenvalue weighted by Crippen LogP contribution is -2.21. The van der Waals surface area contributed by atoms with Gasteiger partial charge >= 0.3 is 0 Å². The van der Waals surface area contributed by atoms with E-state index in [0.717, 1.165) is 15.7 Å². The van der Waals surface area contributed by atoms with Gasteiger partial charge in [0.1, 0.15) is 0 Å². The van der Waals surface area contributed by atoms with Crippen molar-refractivity contribution in [2.75, 3.05) is 31.4 Å². The van der Waals surface area contributed by atoms with Crippen LogP contribution in [0.3, 0.4) is 0 Å². The number of nitrogens with one attached hydrogen (secondary N) is 2. The molecule has 5 nitrogen and oxygen atoms in total. The van der Waals surface area contributed by atoms with Gasteiger partial charge in [0.25, 0.3) is 0 Å². The summed E-state index contributed by atoms with van der Waals surface area (Å²) in [6.45, 7) is 2.18. The maximum Gasteiger partial charge on any atom is 0.243 e. The van der Waals surface area contributed by atoms with Crippen LogP contribution in [0, 0.1) is 6.92 Å². The third kappa shape index (κ3) is 4.63. The lowest BCUT2D eigenvalue weighted by Gasteiger charge is -2.11. The summed E-state index contributed by atoms with van der Waals surface area (Å²) in [7, 11) is 3.12. The Balaban J connectivity index is 1.95. The molecular formula is C17H19BrN2O3. The monoisotopic (exact) mass is 378 g/mol. The van der Waals surface area contributed by atoms with Gasteiger partial charge in [0.05, 0.1) is 20.8 Å². The fraction of sp³-hybridized carbons (Fsp3) is 0.235. The van der Waals surface area contributed by atoms with E-state index in [4.69, 9.17) is 9.47 Å². The largest absolute Gasteiger partial charge is 0.493 e. The second-order valence-corrected chi connectivity index (χ2v) is 5.79. The minimum atomic E-state index is -0.145. The first kappa shape index (κ1) is 17.1. The van der Waals surface area contributed by atoms with Crippen molar-refractivity contribution in [2.45, 2.75) is 6.92 Å². The Bertz CT molecular complexity index is 704. The normalized spacial score (nSPS) is 10.1. The molecule has 2 rings (SSSR count). The first-order chi connectivity index (χ1) is 11.0. The molecule has 2 aromatic rings. The van der Waals surface area contributed by atoms with Gasteiger partial charge in [0, 0.05) is 21.9 Å². The Morgan fingerprint density at radius 1 is 1.04 bits per heavy atom. The topological polar surface area (TPSA) is 59.6 Å². The van der Waals surface area contributed by atoms with Crippen LogP contribution in [0.25, 0.3) is 0 Å². The summed E-state index contributed by atoms with van der Waals surface area (Å²) in [5.74, 6) is 1.04. The summed E-state index contributed by atoms with van der Waals surface area (Å²) in [5.41, 5.74) is 2.68. The fourth-order valence-electron chi connectivity index (χ4n) is 2.00. The van der Waals surface area contributed by atoms with Crippen LogP contribution in [0.5, 0.6) is 11.5 Å². The van der Waals surface area contributed by atoms with E-state index in [9.17, 15) is 4.79 Å². The summed E-state index contributed by atoms with van der Waals surface area (Å²) in [6.07, 6.45) is 0. The highest BCUT2D eigenvalue weighted by Gasteiger charge is 2.07. The molecule has 2 N–H and O–H groups in total. The molecule has 0 unspecified atom stereocenters. The Hall–Kier alpha value is -2.21. The average Bonchev–Trinajstić information content (AvgIpc) is 2.55. The average molecular weight is 379 g/mol. The molecule has 0 heterocycles. The molecule has 6 heteroatoms. The Labute approximate surface area is 144 Å². The molecule has 0 aliphatic rings. The molecule has 0 bridgehead atoms. The molecule has 0 saturated heterocycles. The van der Waals surface area contributed by atoms with Gasteiger partial charge in [0.15, 0.2) is 11.5 Å². The van der Waals surface area contributed by atoms with E-state index < -0.39 is 0 Å². The molecule has 0 aromatic heterocycles. The Morgan fingerprint density at radius 3 is 2.39 bits per heavy atom. The Kier molecular flexibility index (Phi) is 5.87. The van der Waals surface area contributed by atoms with Gasteiger partial charge in [-0.05, 0) is 36.8 Å². The predicted octanol–water partition coefficient (Wildman–Crippen LogP) is 3.83. The van der Waals surface area contributed by atoms with Crippen LogP contribution >= 0.6 is 15.9 Å². The number of carbonyl (C=O) groups excluding carboxylic acids is 1. The number of rotatable bonds is 6. The van der Waals surface area contributed by atoms with Crippen LogP contribution in [0.1, 0.15) is 5.56 Å². The summed E-state index contributed by atoms with van der Waals surface area (Å²) in [4.78, 5) is 12.0. The van der Waals surface area contributed by atoms with E-state index in [1.807, 2.05) is 25.1 Å². The smallest absolute Gasteiger partial charge is 0.243 e. The first-order valence-electron chi connectivity index (χ1n) is 7.05. The van der Waals surface area contributed by atoms with Crippen LogP contribution in [0.4, 0.5) is 11.4 Å². The van der Waals surface area contributed by atoms with E-state index in [1.165, 1.54) is 0 Å². The fourth-order valence-corrected chi connectivity index (χ4v) is 2.38. The molecule has 1 amide bonds. The van der Waals surface area contributed by atoms with Gasteiger partial charge in [0.2, 0.25) is 5.91 Å². The number of ether oxygens (including phenoxy) is 2. The van der Waals surface area contributed by atoms with E-state index in [0.29, 0.717) is 17.2 Å². The van der Waals surface area contributed by atoms with Crippen molar-refractivity contribution in [1.82, 2.24) is 0 Å². The summed E-state index contributed by atoms with van der Waals surface area (Å²) in [5, 5.41) is 5.90. The number of methoxy groups -OCH3 is 2. The van der Waals surface area contributed by atoms with E-state index >= 15 is 0 Å². The van der Waals surface area contributed by atoms with Crippen LogP contribution in [0.15, 0.2) is 40.9 Å². The van der Waals surface area contributed by atoms with E-state index in [2.05, 4.69) is 26.6 Å². The Morgan fingerprint density at radius 2 is 1.74 bits per heavy atom. The molecule has 0 atom stereocenters. The van der Waals surface area contributed by atoms with Crippen molar-refractivity contribution < 1.29 is 14.3 Å². The van der Waals surface area contributed by atoms with Crippen molar-refractivity contribution in [1.29, 1.82) is 0 Å². The van der Waals surface area contributed by atoms with Gasteiger partial charge in [-0.25, -0.2) is 0 Å². The van der Waals surface area contributed by atoms with Crippen LogP contribution < -0.4 is 20.1 Å². The van der Waals surface area contributed by atoms with Gasteiger partial charge in [-0.3, -0.25) is 4.79 Å². The minimum absolute atomic E-state index is 0.145. The number of hydrogen-bond acceptors (Lipinski definition) is 4. The third-order valence-corrected chi connectivity index (χ3v) is 4.15. The number of anilines is 2. The molecule has 0 radical (unpaired) electrons. The van der Waals surface area contributed by atoms with Crippen molar-refractivity contribution >= 4 is 33.2 Å². The van der Waals surface area contributed by atoms with Gasteiger partial charge < -0.3 is 20.1 Å². The lowest BCUT2D eigenvalue weighted by molar-refractivity contribution is -0.114. The highest BCUT2D eigenvalue weighted by molar-refractivity contribution is 9.10. The molecule has 0 aliphatic carbocycles. The molecular weight excluding hydrogens is 360 g/mol. The lowest BCUT2D eigenvalue weighted by atomic mass is 10.2. The maximum absolute atomic E-state index is 12.0. The summed E-state index contributed by atoms with van der Waals surface area (Å²) >= 11 is 3.47. The zero-order valence-corrected chi connectivity index (χ0v) is 14.9. The van der Waals surface area contributed by atoms with Crippen molar-refractivity contribution in [3.63, 3.8) is 0 Å². The quantitative estimate of drug-likeness (QED) is 0.801. The zero-order valence-electron chi connectivity index (χ0n) is 13.3. The van der Waals surface area contributed by atoms with E-state index in [-0.39, 0.29) is 12.5 Å². The number of carbonyl (C=O) groups is 1. The van der Waals surface area contributed by atoms with Crippen molar-refractivity contribution in [3.8, 4) is 11.5 Å². The molecule has 0 spiro atoms. The summed E-state index contributed by atoms with van der Waals surface area (Å²) in [6, 6.07) is 11.1. The van der Waals surface area contributed by atoms with Crippen molar-refractivity contribution in [2.24, 2.45) is 0 Å². The molecule has 23 heavy (non-hydrogen) atoms. The van der Waals surface area contributed by atoms with Crippen LogP contribution in [-0.4, -0.2) is 26.7 Å². The van der Waals surface area contributed by atoms with Gasteiger partial charge in [-0.2, -0.15) is 0 Å². The second-order valence-electron chi connectivity index (χ2n) is 4.94. The number of halogens is 1. The highest BCUT2D eigenvalue weighted by Crippen LogP contribution is 2.29. The number of hydrogen-bond donors (Lipinski definition) is 2. The van der Waals surface area contributed by atoms with Crippen molar-refractivity contribution in [3.05, 3.63) is 46.4 Å². The molecule has 0 saturated carbocycles. The van der Waals surface area contributed by atoms with E-state index in [1.54, 1.807) is 32.4 Å². The zero-order chi connectivity index (χ0) is 16.8. The number of benzene rings is 2. The standard InChI is InChI=1S/C17H19BrN2O3/c1-11-4-5-12(8-14(11)18)19-10-17(21)20-13-6-7-15(22-2)16(9-13)23-3/h4-9,19H,10H2,1-3H3,(H,20,21). The molecule has 0 fully saturated rings. The maximum atomic E-state index is 12.0. The van der Waals surface area contributed by atoms with Crippen LogP contribution in [0.2, 0.25) is 0 Å². The molecule has 2 aromatic carbocycles. The van der Waals surface area contributed by atoms with Gasteiger partial charge in [-0.15, -0.1) is 0 Å². The highest BCUT2D eigenvalue weighted by atomic mass is 79.9. The SMILES string of the molecule is COc1ccc(NC(=O)CNc2ccc(C)c(Br)c2)cc1OC. The molecule has 0 aliphatic heterocycles. The van der Waals surface area contributed by atoms with Gasteiger partial charge in [-0.1, -0.05) is 22.0 Å². The molecule has 122 valence electrons. The first-order valence-corrected chi connectivity index (χ1v) is 7.84. The second kappa shape index (κ2) is 7.87. The number of aryl methyl sites for hydroxylation is 1. The number of amides is 1. The minimum Gasteiger partial charge on any atom is -0.493 e. The van der Waals surface area contributed by atoms with Crippen LogP contribution in [-0.2, 0) is 4.79 Å². The summed E-state index contributed by atoms with van der Waals surface area (Å²) < 4.78 is 11.4. The third-order valence-electron chi connectivity index (χ3n) is 3.29. The predicted molar refractivity (Wildman–Crippen MR) is 95.5 cm³/mol.